The van der Waals surface area contributed by atoms with Crippen molar-refractivity contribution in [1.82, 2.24) is 0 Å². The lowest BCUT2D eigenvalue weighted by atomic mass is 10.2. The Hall–Kier alpha value is -2.35. The predicted molar refractivity (Wildman–Crippen MR) is 55.9 cm³/mol. The molecule has 1 rings (SSSR count). The largest absolute Gasteiger partial charge is 0.466 e. The number of esters is 1. The van der Waals surface area contributed by atoms with Crippen molar-refractivity contribution in [2.24, 2.45) is 0 Å². The molecule has 4 nitrogen and oxygen atoms in total. The van der Waals surface area contributed by atoms with Crippen molar-refractivity contribution in [2.75, 3.05) is 12.4 Å². The lowest BCUT2D eigenvalue weighted by Crippen LogP contribution is -1.97. The first-order valence-electron chi connectivity index (χ1n) is 4.38. The number of carbonyl (C=O) groups excluding carboxylic acids is 1. The highest BCUT2D eigenvalue weighted by molar-refractivity contribution is 5.82. The fourth-order valence-corrected chi connectivity index (χ4v) is 1.00. The lowest BCUT2D eigenvalue weighted by molar-refractivity contribution is -0.134. The number of carbonyl (C=O) groups is 1. The Bertz CT molecular complexity index is 464. The second-order valence-electron chi connectivity index (χ2n) is 2.80. The SMILES string of the molecule is COC(=O)/C=C/Nc1ccc(F)cc1C#N. The van der Waals surface area contributed by atoms with E-state index in [1.165, 1.54) is 25.4 Å². The Balaban J connectivity index is 2.79. The van der Waals surface area contributed by atoms with Crippen molar-refractivity contribution in [3.8, 4) is 6.07 Å². The molecule has 16 heavy (non-hydrogen) atoms. The maximum absolute atomic E-state index is 12.8. The Morgan fingerprint density at radius 1 is 1.62 bits per heavy atom. The van der Waals surface area contributed by atoms with Crippen LogP contribution in [0.3, 0.4) is 0 Å². The third-order valence-corrected chi connectivity index (χ3v) is 1.76. The lowest BCUT2D eigenvalue weighted by Gasteiger charge is -2.02. The minimum atomic E-state index is -0.520. The van der Waals surface area contributed by atoms with E-state index in [9.17, 15) is 9.18 Å². The summed E-state index contributed by atoms with van der Waals surface area (Å²) in [5, 5.41) is 11.4. The van der Waals surface area contributed by atoms with Gasteiger partial charge in [0, 0.05) is 12.3 Å². The molecular formula is C11H9FN2O2. The first-order chi connectivity index (χ1) is 7.67. The maximum Gasteiger partial charge on any atom is 0.331 e. The van der Waals surface area contributed by atoms with Crippen LogP contribution in [-0.2, 0) is 9.53 Å². The van der Waals surface area contributed by atoms with E-state index in [4.69, 9.17) is 5.26 Å². The minimum Gasteiger partial charge on any atom is -0.466 e. The molecule has 1 N–H and O–H groups in total. The third kappa shape index (κ3) is 3.10. The second-order valence-corrected chi connectivity index (χ2v) is 2.80. The van der Waals surface area contributed by atoms with E-state index in [1.807, 2.05) is 6.07 Å². The fraction of sp³-hybridized carbons (Fsp3) is 0.0909. The first kappa shape index (κ1) is 11.7. The van der Waals surface area contributed by atoms with Crippen LogP contribution < -0.4 is 5.32 Å². The summed E-state index contributed by atoms with van der Waals surface area (Å²) in [4.78, 5) is 10.7. The van der Waals surface area contributed by atoms with E-state index in [0.29, 0.717) is 5.69 Å². The topological polar surface area (TPSA) is 62.1 Å². The van der Waals surface area contributed by atoms with Gasteiger partial charge in [0.15, 0.2) is 0 Å². The number of methoxy groups -OCH3 is 1. The van der Waals surface area contributed by atoms with Gasteiger partial charge in [-0.05, 0) is 18.2 Å². The van der Waals surface area contributed by atoms with Gasteiger partial charge in [0.05, 0.1) is 18.4 Å². The van der Waals surface area contributed by atoms with Gasteiger partial charge in [0.2, 0.25) is 0 Å². The van der Waals surface area contributed by atoms with Gasteiger partial charge < -0.3 is 10.1 Å². The molecule has 0 amide bonds. The minimum absolute atomic E-state index is 0.162. The third-order valence-electron chi connectivity index (χ3n) is 1.76. The van der Waals surface area contributed by atoms with Crippen molar-refractivity contribution in [2.45, 2.75) is 0 Å². The molecule has 0 heterocycles. The number of nitriles is 1. The maximum atomic E-state index is 12.8. The number of halogens is 1. The molecule has 0 radical (unpaired) electrons. The van der Waals surface area contributed by atoms with Gasteiger partial charge in [-0.3, -0.25) is 0 Å². The quantitative estimate of drug-likeness (QED) is 0.623. The summed E-state index contributed by atoms with van der Waals surface area (Å²) in [6.07, 6.45) is 2.48. The highest BCUT2D eigenvalue weighted by Gasteiger charge is 2.01. The summed E-state index contributed by atoms with van der Waals surface area (Å²) in [6.45, 7) is 0. The molecular weight excluding hydrogens is 211 g/mol. The summed E-state index contributed by atoms with van der Waals surface area (Å²) in [5.41, 5.74) is 0.582. The fourth-order valence-electron chi connectivity index (χ4n) is 1.00. The number of rotatable bonds is 3. The number of nitrogens with one attached hydrogen (secondary N) is 1. The summed E-state index contributed by atoms with van der Waals surface area (Å²) < 4.78 is 17.1. The summed E-state index contributed by atoms with van der Waals surface area (Å²) in [5.74, 6) is -1.01. The number of hydrogen-bond donors (Lipinski definition) is 1. The van der Waals surface area contributed by atoms with Crippen LogP contribution in [0.2, 0.25) is 0 Å². The molecule has 0 atom stereocenters. The van der Waals surface area contributed by atoms with Crippen molar-refractivity contribution in [3.05, 3.63) is 41.9 Å². The van der Waals surface area contributed by atoms with Gasteiger partial charge in [-0.15, -0.1) is 0 Å². The van der Waals surface area contributed by atoms with Crippen LogP contribution in [0.25, 0.3) is 0 Å². The van der Waals surface area contributed by atoms with Crippen LogP contribution in [0.1, 0.15) is 5.56 Å². The monoisotopic (exact) mass is 220 g/mol. The number of hydrogen-bond acceptors (Lipinski definition) is 4. The van der Waals surface area contributed by atoms with Crippen LogP contribution in [0.5, 0.6) is 0 Å². The summed E-state index contributed by atoms with van der Waals surface area (Å²) >= 11 is 0. The van der Waals surface area contributed by atoms with Crippen molar-refractivity contribution in [1.29, 1.82) is 5.26 Å². The van der Waals surface area contributed by atoms with Gasteiger partial charge in [-0.1, -0.05) is 0 Å². The molecule has 0 saturated carbocycles. The smallest absolute Gasteiger partial charge is 0.331 e. The van der Waals surface area contributed by atoms with E-state index in [-0.39, 0.29) is 5.56 Å². The van der Waals surface area contributed by atoms with Crippen molar-refractivity contribution in [3.63, 3.8) is 0 Å². The van der Waals surface area contributed by atoms with Crippen LogP contribution in [0, 0.1) is 17.1 Å². The Kier molecular flexibility index (Phi) is 4.04. The highest BCUT2D eigenvalue weighted by atomic mass is 19.1. The van der Waals surface area contributed by atoms with Gasteiger partial charge in [-0.25, -0.2) is 9.18 Å². The number of benzene rings is 1. The van der Waals surface area contributed by atoms with E-state index < -0.39 is 11.8 Å². The molecule has 0 saturated heterocycles. The van der Waals surface area contributed by atoms with Gasteiger partial charge >= 0.3 is 5.97 Å². The van der Waals surface area contributed by atoms with Gasteiger partial charge in [0.1, 0.15) is 11.9 Å². The van der Waals surface area contributed by atoms with Crippen LogP contribution in [0.4, 0.5) is 10.1 Å². The van der Waals surface area contributed by atoms with Crippen molar-refractivity contribution >= 4 is 11.7 Å². The zero-order valence-electron chi connectivity index (χ0n) is 8.53. The summed E-state index contributed by atoms with van der Waals surface area (Å²) in [6, 6.07) is 5.57. The predicted octanol–water partition coefficient (Wildman–Crippen LogP) is 1.80. The van der Waals surface area contributed by atoms with E-state index >= 15 is 0 Å². The van der Waals surface area contributed by atoms with Crippen molar-refractivity contribution < 1.29 is 13.9 Å². The average Bonchev–Trinajstić information content (AvgIpc) is 2.30. The normalized spacial score (nSPS) is 9.81. The zero-order chi connectivity index (χ0) is 12.0. The highest BCUT2D eigenvalue weighted by Crippen LogP contribution is 2.15. The molecule has 0 unspecified atom stereocenters. The molecule has 0 spiro atoms. The molecule has 5 heteroatoms. The second kappa shape index (κ2) is 5.51. The van der Waals surface area contributed by atoms with Gasteiger partial charge in [0.25, 0.3) is 0 Å². The van der Waals surface area contributed by atoms with E-state index in [1.54, 1.807) is 0 Å². The Morgan fingerprint density at radius 3 is 3.00 bits per heavy atom. The zero-order valence-corrected chi connectivity index (χ0v) is 8.53. The number of ether oxygens (including phenoxy) is 1. The summed E-state index contributed by atoms with van der Waals surface area (Å²) in [7, 11) is 1.26. The Labute approximate surface area is 91.9 Å². The molecule has 1 aromatic rings. The molecule has 82 valence electrons. The molecule has 0 bridgehead atoms. The average molecular weight is 220 g/mol. The first-order valence-corrected chi connectivity index (χ1v) is 4.38. The molecule has 0 aliphatic carbocycles. The molecule has 0 aromatic heterocycles. The molecule has 1 aromatic carbocycles. The van der Waals surface area contributed by atoms with Crippen LogP contribution >= 0.6 is 0 Å². The van der Waals surface area contributed by atoms with E-state index in [0.717, 1.165) is 12.1 Å². The Morgan fingerprint density at radius 2 is 2.38 bits per heavy atom. The van der Waals surface area contributed by atoms with E-state index in [2.05, 4.69) is 10.1 Å². The number of anilines is 1. The number of nitrogens with zero attached hydrogens (tertiary/aromatic N) is 1. The standard InChI is InChI=1S/C11H9FN2O2/c1-16-11(15)4-5-14-10-3-2-9(12)6-8(10)7-13/h2-6,14H,1H3/b5-4+. The van der Waals surface area contributed by atoms with Crippen LogP contribution in [0.15, 0.2) is 30.5 Å². The molecule has 0 aliphatic rings. The van der Waals surface area contributed by atoms with Crippen LogP contribution in [-0.4, -0.2) is 13.1 Å². The molecule has 0 aliphatic heterocycles. The molecule has 0 fully saturated rings. The van der Waals surface area contributed by atoms with Gasteiger partial charge in [-0.2, -0.15) is 5.26 Å².